The number of hydrogen-bond donors (Lipinski definition) is 3. The van der Waals surface area contributed by atoms with Gasteiger partial charge in [-0.1, -0.05) is 115 Å². The van der Waals surface area contributed by atoms with Crippen LogP contribution in [-0.4, -0.2) is 160 Å². The second-order valence-corrected chi connectivity index (χ2v) is 36.1. The highest BCUT2D eigenvalue weighted by Gasteiger charge is 2.54. The van der Waals surface area contributed by atoms with E-state index in [0.29, 0.717) is 41.9 Å². The summed E-state index contributed by atoms with van der Waals surface area (Å²) in [5.41, 5.74) is 5.81. The Hall–Kier alpha value is -5.91. The van der Waals surface area contributed by atoms with Gasteiger partial charge in [0.2, 0.25) is 5.24 Å². The first-order chi connectivity index (χ1) is 56.7. The van der Waals surface area contributed by atoms with E-state index in [1.54, 1.807) is 0 Å². The lowest BCUT2D eigenvalue weighted by Crippen LogP contribution is -2.36. The number of carbonyl (C=O) groups is 6. The molecule has 22 heteroatoms. The Kier molecular flexibility index (Phi) is 37.4. The Labute approximate surface area is 702 Å². The average Bonchev–Trinajstić information content (AvgIpc) is 1.63. The molecule has 0 bridgehead atoms. The number of carbonyl (C=O) groups excluding carboxylic acids is 6. The van der Waals surface area contributed by atoms with E-state index in [1.165, 1.54) is 87.7 Å². The second kappa shape index (κ2) is 46.9. The highest BCUT2D eigenvalue weighted by Crippen LogP contribution is 2.55. The number of esters is 5. The quantitative estimate of drug-likeness (QED) is 0.0207. The molecule has 11 aliphatic rings. The van der Waals surface area contributed by atoms with E-state index in [-0.39, 0.29) is 97.6 Å². The smallest absolute Gasteiger partial charge is 0.343 e. The maximum absolute atomic E-state index is 13.1. The van der Waals surface area contributed by atoms with Gasteiger partial charge in [-0.25, -0.2) is 14.4 Å². The zero-order valence-electron chi connectivity index (χ0n) is 71.6. The number of aliphatic hydroxyl groups excluding tert-OH is 2. The molecule has 2 saturated heterocycles. The summed E-state index contributed by atoms with van der Waals surface area (Å²) in [7, 11) is 5.11. The van der Waals surface area contributed by atoms with E-state index >= 15 is 0 Å². The van der Waals surface area contributed by atoms with Gasteiger partial charge in [0.05, 0.1) is 57.1 Å². The first kappa shape index (κ1) is 93.4. The summed E-state index contributed by atoms with van der Waals surface area (Å²) in [5.74, 6) is 4.16. The monoisotopic (exact) mass is 1650 g/mol. The molecule has 0 radical (unpaired) electrons. The van der Waals surface area contributed by atoms with Crippen molar-refractivity contribution in [3.05, 3.63) is 88.0 Å². The Balaban J connectivity index is 0.000000177. The lowest BCUT2D eigenvalue weighted by molar-refractivity contribution is -0.194. The van der Waals surface area contributed by atoms with Crippen LogP contribution in [0.3, 0.4) is 0 Å². The maximum Gasteiger partial charge on any atom is 0.343 e. The summed E-state index contributed by atoms with van der Waals surface area (Å²) < 4.78 is 69.1. The number of rotatable bonds is 39. The van der Waals surface area contributed by atoms with Gasteiger partial charge in [-0.15, -0.1) is 0 Å². The van der Waals surface area contributed by atoms with Crippen molar-refractivity contribution in [2.24, 2.45) is 53.3 Å². The minimum atomic E-state index is -0.635. The first-order valence-electron chi connectivity index (χ1n) is 45.2. The number of benzene rings is 3. The third kappa shape index (κ3) is 28.9. The molecule has 0 spiro atoms. The fourth-order valence-corrected chi connectivity index (χ4v) is 19.9. The van der Waals surface area contributed by atoms with Gasteiger partial charge in [0.1, 0.15) is 28.5 Å². The van der Waals surface area contributed by atoms with Gasteiger partial charge < -0.3 is 72.2 Å². The minimum Gasteiger partial charge on any atom is -0.482 e. The third-order valence-electron chi connectivity index (χ3n) is 26.6. The predicted octanol–water partition coefficient (Wildman–Crippen LogP) is 17.2. The zero-order valence-corrected chi connectivity index (χ0v) is 72.3. The summed E-state index contributed by atoms with van der Waals surface area (Å²) in [6, 6.07) is 18.3. The predicted molar refractivity (Wildman–Crippen MR) is 446 cm³/mol. The lowest BCUT2D eigenvalue weighted by atomic mass is 9.77. The molecule has 0 aromatic heterocycles. The Morgan fingerprint density at radius 3 is 1.13 bits per heavy atom. The van der Waals surface area contributed by atoms with Crippen molar-refractivity contribution >= 4 is 46.7 Å². The number of methoxy groups -OCH3 is 3. The van der Waals surface area contributed by atoms with Gasteiger partial charge in [-0.3, -0.25) is 14.4 Å². The van der Waals surface area contributed by atoms with Crippen LogP contribution in [-0.2, 0) is 110 Å². The van der Waals surface area contributed by atoms with E-state index in [2.05, 4.69) is 39.0 Å². The van der Waals surface area contributed by atoms with Crippen LogP contribution >= 0.6 is 11.6 Å². The highest BCUT2D eigenvalue weighted by molar-refractivity contribution is 6.64. The summed E-state index contributed by atoms with van der Waals surface area (Å²) in [6.07, 6.45) is 40.9. The highest BCUT2D eigenvalue weighted by atomic mass is 35.5. The summed E-state index contributed by atoms with van der Waals surface area (Å²) in [4.78, 5) is 70.6. The molecule has 117 heavy (non-hydrogen) atoms. The number of unbranched alkanes of at least 4 members (excludes halogenated alkanes) is 6. The van der Waals surface area contributed by atoms with Crippen LogP contribution in [0.5, 0.6) is 17.2 Å². The number of ether oxygens (including phenoxy) is 12. The van der Waals surface area contributed by atoms with Crippen LogP contribution in [0.4, 0.5) is 0 Å². The number of halogens is 1. The van der Waals surface area contributed by atoms with E-state index in [0.717, 1.165) is 268 Å². The van der Waals surface area contributed by atoms with Crippen LogP contribution in [0.25, 0.3) is 0 Å². The molecule has 6 saturated carbocycles. The minimum absolute atomic E-state index is 0.00248. The van der Waals surface area contributed by atoms with Gasteiger partial charge in [0.15, 0.2) is 32.4 Å². The molecule has 21 nitrogen and oxygen atoms in total. The molecule has 14 atom stereocenters. The molecule has 0 amide bonds. The van der Waals surface area contributed by atoms with Gasteiger partial charge in [-0.2, -0.15) is 0 Å². The molecule has 3 aromatic carbocycles. The van der Waals surface area contributed by atoms with Crippen LogP contribution in [0.15, 0.2) is 54.6 Å². The zero-order chi connectivity index (χ0) is 83.3. The fraction of sp³-hybridized carbons (Fsp3) is 0.747. The summed E-state index contributed by atoms with van der Waals surface area (Å²) >= 11 is 5.04. The van der Waals surface area contributed by atoms with Crippen molar-refractivity contribution in [3.8, 4) is 17.2 Å². The summed E-state index contributed by atoms with van der Waals surface area (Å²) in [6.45, 7) is 7.95. The van der Waals surface area contributed by atoms with Crippen LogP contribution in [0.1, 0.15) is 285 Å². The molecular formula is C95H141ClO21. The first-order valence-corrected chi connectivity index (χ1v) is 45.5. The van der Waals surface area contributed by atoms with Crippen molar-refractivity contribution in [2.45, 2.75) is 338 Å². The SMILES string of the molecule is CCCCC[C@@H](O)CC[C@]1(OC(=O)C2CC2)C[C@H]2Cc3cccc(OCC(=O)OC)c3C[C@H]2C1.CCCCC[C@H](CC[C@]1(O)C[C@H]2Cc3cccc(OCC(=O)OC)c3C[C@H]2C1)OC1CCCCO1.CCCCC[C@H](CC[C@]1(OC(=O)C2CC2)C[C@H]2Cc3cccc(OCC(=O)OC)c3C[C@H]2C1)OC1CCCCO1.CO.O=C(Cl)C1CC1. The van der Waals surface area contributed by atoms with E-state index in [9.17, 15) is 39.0 Å². The third-order valence-corrected chi connectivity index (χ3v) is 26.9. The largest absolute Gasteiger partial charge is 0.482 e. The molecule has 3 aromatic rings. The van der Waals surface area contributed by atoms with E-state index < -0.39 is 22.8 Å². The van der Waals surface area contributed by atoms with Gasteiger partial charge in [0, 0.05) is 26.2 Å². The Bertz CT molecular complexity index is 3580. The van der Waals surface area contributed by atoms with Crippen LogP contribution in [0.2, 0.25) is 0 Å². The van der Waals surface area contributed by atoms with Crippen LogP contribution < -0.4 is 14.2 Å². The van der Waals surface area contributed by atoms with E-state index in [1.807, 2.05) is 36.4 Å². The summed E-state index contributed by atoms with van der Waals surface area (Å²) in [5, 5.41) is 29.0. The number of fused-ring (bicyclic) bond motifs is 6. The van der Waals surface area contributed by atoms with Crippen molar-refractivity contribution in [2.75, 3.05) is 61.5 Å². The lowest BCUT2D eigenvalue weighted by Gasteiger charge is -2.33. The topological polar surface area (TPSA) is 274 Å². The molecule has 8 fully saturated rings. The van der Waals surface area contributed by atoms with Gasteiger partial charge in [0.25, 0.3) is 0 Å². The fourth-order valence-electron chi connectivity index (χ4n) is 19.7. The normalized spacial score (nSPS) is 27.0. The molecule has 654 valence electrons. The molecule has 2 heterocycles. The molecule has 2 aliphatic heterocycles. The molecule has 2 unspecified atom stereocenters. The second-order valence-electron chi connectivity index (χ2n) is 35.7. The number of aliphatic hydroxyl groups is 3. The van der Waals surface area contributed by atoms with E-state index in [4.69, 9.17) is 73.5 Å². The van der Waals surface area contributed by atoms with Crippen molar-refractivity contribution in [3.63, 3.8) is 0 Å². The Morgan fingerprint density at radius 1 is 0.436 bits per heavy atom. The van der Waals surface area contributed by atoms with Gasteiger partial charge in [-0.05, 0) is 311 Å². The molecule has 14 rings (SSSR count). The van der Waals surface area contributed by atoms with Gasteiger partial charge >= 0.3 is 29.8 Å². The molecule has 9 aliphatic carbocycles. The van der Waals surface area contributed by atoms with Crippen molar-refractivity contribution < 1.29 is 101 Å². The molecular weight excluding hydrogens is 1510 g/mol. The average molecular weight is 1650 g/mol. The standard InChI is InChI=1S/C33H48O7.C29H44O6.C28H40O6.C4H5ClO.CH4O/c1-3-4-5-10-27(39-31-12-6-7-17-37-31)15-16-33(40-32(35)23-13-14-23)20-25-18-24-9-8-11-29(38-22-30(34)36-2)28(24)19-26(25)21-33;1-3-4-5-10-24(35-28-12-6-7-15-33-28)13-14-29(31)18-22-16-21-9-8-11-26(34-20-27(30)32-2)25(21)17-23(22)19-29;1-3-4-5-8-23(29)12-13-28(34-27(31)19-10-11-19)16-21-14-20-7-6-9-25(33-18-26(30)32-2)24(20)15-22(21)17-28;5-4(6)3-1-2-3;1-2/h8-9,11,23,25-27,31H,3-7,10,12-22H2,1-2H3;8-9,11,22-24,28,31H,3-7,10,12-20H2,1-2H3;6-7,9,19,21-23,29H,3-5,8,10-18H2,1-2H3;3H,1-2H2;2H,1H3/t25-,26+,27-,31?,33+;22-,23+,24-,28?,29+;21-,22+,23-,28+;;/m111../s1. The molecule has 3 N–H and O–H groups in total. The van der Waals surface area contributed by atoms with Crippen molar-refractivity contribution in [1.82, 2.24) is 0 Å². The Morgan fingerprint density at radius 2 is 0.786 bits per heavy atom. The van der Waals surface area contributed by atoms with Crippen molar-refractivity contribution in [1.29, 1.82) is 0 Å². The van der Waals surface area contributed by atoms with Crippen LogP contribution in [0, 0.1) is 53.3 Å². The maximum atomic E-state index is 13.1. The number of hydrogen-bond acceptors (Lipinski definition) is 21.